The number of pyridine rings is 1. The number of hydrogen-bond donors (Lipinski definition) is 0. The maximum absolute atomic E-state index is 10.9. The standard InChI is InChI=1S/C8H7ClN2O/c9-8(12)11-5-3-6-7(11)2-1-4-10-6/h1-2,4H,3,5H2. The monoisotopic (exact) mass is 182 g/mol. The molecule has 12 heavy (non-hydrogen) atoms. The average molecular weight is 183 g/mol. The van der Waals surface area contributed by atoms with E-state index in [2.05, 4.69) is 4.98 Å². The second kappa shape index (κ2) is 2.75. The third-order valence-electron chi connectivity index (χ3n) is 1.94. The van der Waals surface area contributed by atoms with Crippen LogP contribution < -0.4 is 4.90 Å². The van der Waals surface area contributed by atoms with Crippen molar-refractivity contribution in [2.75, 3.05) is 11.4 Å². The van der Waals surface area contributed by atoms with Crippen LogP contribution in [0.5, 0.6) is 0 Å². The van der Waals surface area contributed by atoms with Crippen molar-refractivity contribution in [3.05, 3.63) is 24.0 Å². The van der Waals surface area contributed by atoms with Gasteiger partial charge >= 0.3 is 5.37 Å². The van der Waals surface area contributed by atoms with Crippen molar-refractivity contribution < 1.29 is 4.79 Å². The van der Waals surface area contributed by atoms with Crippen molar-refractivity contribution in [3.63, 3.8) is 0 Å². The smallest absolute Gasteiger partial charge is 0.297 e. The van der Waals surface area contributed by atoms with Crippen molar-refractivity contribution in [3.8, 4) is 0 Å². The van der Waals surface area contributed by atoms with Crippen LogP contribution >= 0.6 is 11.6 Å². The molecule has 0 saturated carbocycles. The third-order valence-corrected chi connectivity index (χ3v) is 2.15. The summed E-state index contributed by atoms with van der Waals surface area (Å²) >= 11 is 5.37. The van der Waals surface area contributed by atoms with Crippen LogP contribution in [0, 0.1) is 0 Å². The van der Waals surface area contributed by atoms with E-state index in [1.54, 1.807) is 12.3 Å². The maximum atomic E-state index is 10.9. The zero-order valence-corrected chi connectivity index (χ0v) is 7.08. The van der Waals surface area contributed by atoms with Crippen LogP contribution in [0.25, 0.3) is 0 Å². The molecule has 1 amide bonds. The molecule has 0 saturated heterocycles. The lowest BCUT2D eigenvalue weighted by molar-refractivity contribution is 0.264. The molecule has 0 N–H and O–H groups in total. The first-order valence-electron chi connectivity index (χ1n) is 3.70. The Balaban J connectivity index is 2.42. The van der Waals surface area contributed by atoms with Gasteiger partial charge in [0, 0.05) is 19.2 Å². The van der Waals surface area contributed by atoms with Gasteiger partial charge in [-0.1, -0.05) is 0 Å². The minimum absolute atomic E-state index is 0.429. The van der Waals surface area contributed by atoms with E-state index in [0.717, 1.165) is 17.8 Å². The molecule has 0 aromatic carbocycles. The molecule has 0 unspecified atom stereocenters. The molecule has 0 spiro atoms. The van der Waals surface area contributed by atoms with Gasteiger partial charge in [0.1, 0.15) is 0 Å². The van der Waals surface area contributed by atoms with Gasteiger partial charge in [-0.2, -0.15) is 0 Å². The number of fused-ring (bicyclic) bond motifs is 1. The normalized spacial score (nSPS) is 14.6. The molecule has 62 valence electrons. The van der Waals surface area contributed by atoms with Gasteiger partial charge in [-0.25, -0.2) is 0 Å². The van der Waals surface area contributed by atoms with E-state index in [0.29, 0.717) is 6.54 Å². The van der Waals surface area contributed by atoms with E-state index in [1.165, 1.54) is 4.90 Å². The molecular weight excluding hydrogens is 176 g/mol. The van der Waals surface area contributed by atoms with Crippen LogP contribution in [-0.2, 0) is 6.42 Å². The first-order chi connectivity index (χ1) is 5.79. The number of halogens is 1. The van der Waals surface area contributed by atoms with E-state index in [1.807, 2.05) is 6.07 Å². The second-order valence-corrected chi connectivity index (χ2v) is 2.95. The number of rotatable bonds is 0. The number of nitrogens with zero attached hydrogens (tertiary/aromatic N) is 2. The molecule has 0 fully saturated rings. The van der Waals surface area contributed by atoms with Crippen LogP contribution in [0.4, 0.5) is 10.5 Å². The molecule has 0 aliphatic carbocycles. The predicted molar refractivity (Wildman–Crippen MR) is 46.5 cm³/mol. The summed E-state index contributed by atoms with van der Waals surface area (Å²) in [4.78, 5) is 16.5. The zero-order valence-electron chi connectivity index (χ0n) is 6.33. The van der Waals surface area contributed by atoms with E-state index in [9.17, 15) is 4.79 Å². The number of aromatic nitrogens is 1. The molecule has 1 aliphatic heterocycles. The van der Waals surface area contributed by atoms with E-state index in [-0.39, 0.29) is 0 Å². The number of carbonyl (C=O) groups is 1. The van der Waals surface area contributed by atoms with Crippen LogP contribution in [0.2, 0.25) is 0 Å². The Hall–Kier alpha value is -1.09. The van der Waals surface area contributed by atoms with Gasteiger partial charge in [0.25, 0.3) is 0 Å². The number of carbonyl (C=O) groups excluding carboxylic acids is 1. The highest BCUT2D eigenvalue weighted by Gasteiger charge is 2.23. The Bertz CT molecular complexity index is 327. The molecule has 0 radical (unpaired) electrons. The summed E-state index contributed by atoms with van der Waals surface area (Å²) in [7, 11) is 0. The first-order valence-corrected chi connectivity index (χ1v) is 4.08. The van der Waals surface area contributed by atoms with Crippen LogP contribution in [-0.4, -0.2) is 16.9 Å². The topological polar surface area (TPSA) is 33.2 Å². The summed E-state index contributed by atoms with van der Waals surface area (Å²) in [5.74, 6) is 0. The third kappa shape index (κ3) is 1.06. The SMILES string of the molecule is O=C(Cl)N1CCc2ncccc21. The van der Waals surface area contributed by atoms with Crippen molar-refractivity contribution in [1.29, 1.82) is 0 Å². The summed E-state index contributed by atoms with van der Waals surface area (Å²) in [5.41, 5.74) is 1.80. The fourth-order valence-corrected chi connectivity index (χ4v) is 1.56. The number of anilines is 1. The lowest BCUT2D eigenvalue weighted by atomic mass is 10.3. The van der Waals surface area contributed by atoms with Crippen molar-refractivity contribution in [1.82, 2.24) is 4.98 Å². The molecular formula is C8H7ClN2O. The Morgan fingerprint density at radius 3 is 3.25 bits per heavy atom. The van der Waals surface area contributed by atoms with Gasteiger partial charge < -0.3 is 0 Å². The Labute approximate surface area is 75.0 Å². The lowest BCUT2D eigenvalue weighted by Gasteiger charge is -2.11. The highest BCUT2D eigenvalue weighted by atomic mass is 35.5. The fourth-order valence-electron chi connectivity index (χ4n) is 1.39. The van der Waals surface area contributed by atoms with Crippen LogP contribution in [0.15, 0.2) is 18.3 Å². The Morgan fingerprint density at radius 1 is 1.67 bits per heavy atom. The lowest BCUT2D eigenvalue weighted by Crippen LogP contribution is -2.22. The molecule has 2 heterocycles. The van der Waals surface area contributed by atoms with Gasteiger partial charge in [0.2, 0.25) is 0 Å². The fraction of sp³-hybridized carbons (Fsp3) is 0.250. The summed E-state index contributed by atoms with van der Waals surface area (Å²) in [6, 6.07) is 3.66. The Kier molecular flexibility index (Phi) is 1.73. The maximum Gasteiger partial charge on any atom is 0.320 e. The van der Waals surface area contributed by atoms with Crippen LogP contribution in [0.1, 0.15) is 5.69 Å². The van der Waals surface area contributed by atoms with Gasteiger partial charge in [-0.15, -0.1) is 0 Å². The highest BCUT2D eigenvalue weighted by Crippen LogP contribution is 2.26. The minimum Gasteiger partial charge on any atom is -0.297 e. The molecule has 0 atom stereocenters. The Morgan fingerprint density at radius 2 is 2.50 bits per heavy atom. The molecule has 1 aromatic rings. The van der Waals surface area contributed by atoms with Crippen molar-refractivity contribution in [2.45, 2.75) is 6.42 Å². The molecule has 1 aliphatic rings. The molecule has 2 rings (SSSR count). The predicted octanol–water partition coefficient (Wildman–Crippen LogP) is 1.80. The van der Waals surface area contributed by atoms with Crippen molar-refractivity contribution >= 4 is 22.7 Å². The molecule has 0 bridgehead atoms. The zero-order chi connectivity index (χ0) is 8.55. The molecule has 1 aromatic heterocycles. The summed E-state index contributed by atoms with van der Waals surface area (Å²) in [6.07, 6.45) is 2.52. The number of amides is 1. The van der Waals surface area contributed by atoms with E-state index in [4.69, 9.17) is 11.6 Å². The van der Waals surface area contributed by atoms with E-state index >= 15 is 0 Å². The second-order valence-electron chi connectivity index (χ2n) is 2.62. The average Bonchev–Trinajstić information content (AvgIpc) is 2.47. The summed E-state index contributed by atoms with van der Waals surface area (Å²) < 4.78 is 0. The quantitative estimate of drug-likeness (QED) is 0.453. The largest absolute Gasteiger partial charge is 0.320 e. The van der Waals surface area contributed by atoms with Gasteiger partial charge in [0.15, 0.2) is 0 Å². The van der Waals surface area contributed by atoms with Gasteiger partial charge in [-0.05, 0) is 23.7 Å². The minimum atomic E-state index is -0.429. The van der Waals surface area contributed by atoms with Gasteiger partial charge in [0.05, 0.1) is 11.4 Å². The van der Waals surface area contributed by atoms with E-state index < -0.39 is 5.37 Å². The van der Waals surface area contributed by atoms with Crippen molar-refractivity contribution in [2.24, 2.45) is 0 Å². The summed E-state index contributed by atoms with van der Waals surface area (Å²) in [5, 5.41) is -0.429. The highest BCUT2D eigenvalue weighted by molar-refractivity contribution is 6.66. The van der Waals surface area contributed by atoms with Crippen LogP contribution in [0.3, 0.4) is 0 Å². The first kappa shape index (κ1) is 7.55. The summed E-state index contributed by atoms with van der Waals surface area (Å²) in [6.45, 7) is 0.648. The number of hydrogen-bond acceptors (Lipinski definition) is 2. The van der Waals surface area contributed by atoms with Gasteiger partial charge in [-0.3, -0.25) is 14.7 Å². The molecule has 4 heteroatoms. The molecule has 3 nitrogen and oxygen atoms in total.